The first kappa shape index (κ1) is 14.4. The molecule has 2 heterocycles. The number of anilines is 1. The summed E-state index contributed by atoms with van der Waals surface area (Å²) in [6.07, 6.45) is 1.85. The van der Waals surface area contributed by atoms with Crippen LogP contribution in [0.3, 0.4) is 0 Å². The molecule has 1 aromatic heterocycles. The molecule has 4 nitrogen and oxygen atoms in total. The Labute approximate surface area is 112 Å². The van der Waals surface area contributed by atoms with E-state index in [2.05, 4.69) is 15.6 Å². The maximum Gasteiger partial charge on any atom is 0.229 e. The molecule has 1 amide bonds. The topological polar surface area (TPSA) is 54.0 Å². The zero-order valence-electron chi connectivity index (χ0n) is 10.1. The third-order valence-electron chi connectivity index (χ3n) is 2.97. The minimum Gasteiger partial charge on any atom is -0.317 e. The molecule has 96 valence electrons. The number of carbonyl (C=O) groups is 1. The van der Waals surface area contributed by atoms with Gasteiger partial charge in [0.25, 0.3) is 0 Å². The maximum absolute atomic E-state index is 11.9. The molecule has 2 N–H and O–H groups in total. The van der Waals surface area contributed by atoms with Crippen LogP contribution in [0.5, 0.6) is 0 Å². The highest BCUT2D eigenvalue weighted by atomic mass is 35.5. The molecule has 0 aliphatic carbocycles. The van der Waals surface area contributed by atoms with Crippen LogP contribution in [0.4, 0.5) is 5.13 Å². The Kier molecular flexibility index (Phi) is 5.36. The first-order valence-electron chi connectivity index (χ1n) is 5.62. The number of aryl methyl sites for hydroxylation is 2. The van der Waals surface area contributed by atoms with E-state index in [-0.39, 0.29) is 24.2 Å². The summed E-state index contributed by atoms with van der Waals surface area (Å²) >= 11 is 1.55. The summed E-state index contributed by atoms with van der Waals surface area (Å²) in [4.78, 5) is 17.4. The predicted octanol–water partition coefficient (Wildman–Crippen LogP) is 2.12. The average Bonchev–Trinajstić information content (AvgIpc) is 2.59. The standard InChI is InChI=1S/C11H17N3OS.ClH/c1-7-8(2)16-11(13-7)14-10(15)9-3-5-12-6-4-9;/h9,12H,3-6H2,1-2H3,(H,13,14,15);1H. The Hall–Kier alpha value is -0.650. The fourth-order valence-electron chi connectivity index (χ4n) is 1.82. The van der Waals surface area contributed by atoms with Crippen molar-refractivity contribution in [2.75, 3.05) is 18.4 Å². The molecule has 17 heavy (non-hydrogen) atoms. The minimum absolute atomic E-state index is 0. The molecule has 0 aromatic carbocycles. The Morgan fingerprint density at radius 2 is 2.06 bits per heavy atom. The third kappa shape index (κ3) is 3.66. The number of carbonyl (C=O) groups excluding carboxylic acids is 1. The number of nitrogens with one attached hydrogen (secondary N) is 2. The first-order valence-corrected chi connectivity index (χ1v) is 6.44. The van der Waals surface area contributed by atoms with Gasteiger partial charge in [-0.2, -0.15) is 0 Å². The van der Waals surface area contributed by atoms with Gasteiger partial charge in [0, 0.05) is 10.8 Å². The van der Waals surface area contributed by atoms with Gasteiger partial charge >= 0.3 is 0 Å². The molecular weight excluding hydrogens is 258 g/mol. The number of hydrogen-bond donors (Lipinski definition) is 2. The molecule has 0 saturated carbocycles. The minimum atomic E-state index is 0. The average molecular weight is 276 g/mol. The Morgan fingerprint density at radius 1 is 1.41 bits per heavy atom. The van der Waals surface area contributed by atoms with Gasteiger partial charge in [-0.25, -0.2) is 4.98 Å². The summed E-state index contributed by atoms with van der Waals surface area (Å²) < 4.78 is 0. The molecular formula is C11H18ClN3OS. The van der Waals surface area contributed by atoms with Gasteiger partial charge in [0.15, 0.2) is 5.13 Å². The lowest BCUT2D eigenvalue weighted by molar-refractivity contribution is -0.120. The van der Waals surface area contributed by atoms with Crippen LogP contribution in [0, 0.1) is 19.8 Å². The van der Waals surface area contributed by atoms with E-state index in [1.54, 1.807) is 11.3 Å². The van der Waals surface area contributed by atoms with Gasteiger partial charge in [-0.3, -0.25) is 4.79 Å². The van der Waals surface area contributed by atoms with E-state index in [1.807, 2.05) is 13.8 Å². The lowest BCUT2D eigenvalue weighted by Gasteiger charge is -2.20. The number of halogens is 1. The van der Waals surface area contributed by atoms with E-state index < -0.39 is 0 Å². The molecule has 0 bridgehead atoms. The zero-order chi connectivity index (χ0) is 11.5. The van der Waals surface area contributed by atoms with Gasteiger partial charge in [0.05, 0.1) is 5.69 Å². The van der Waals surface area contributed by atoms with Crippen LogP contribution >= 0.6 is 23.7 Å². The Morgan fingerprint density at radius 3 is 2.59 bits per heavy atom. The van der Waals surface area contributed by atoms with Gasteiger partial charge in [0.1, 0.15) is 0 Å². The van der Waals surface area contributed by atoms with Gasteiger partial charge < -0.3 is 10.6 Å². The van der Waals surface area contributed by atoms with Crippen LogP contribution in [-0.4, -0.2) is 24.0 Å². The number of piperidine rings is 1. The summed E-state index contributed by atoms with van der Waals surface area (Å²) in [5, 5.41) is 6.90. The molecule has 2 rings (SSSR count). The zero-order valence-corrected chi connectivity index (χ0v) is 11.7. The lowest BCUT2D eigenvalue weighted by Crippen LogP contribution is -2.34. The summed E-state index contributed by atoms with van der Waals surface area (Å²) in [5.41, 5.74) is 1.01. The van der Waals surface area contributed by atoms with Crippen molar-refractivity contribution in [2.24, 2.45) is 5.92 Å². The van der Waals surface area contributed by atoms with Gasteiger partial charge in [-0.1, -0.05) is 0 Å². The molecule has 0 unspecified atom stereocenters. The number of thiazole rings is 1. The van der Waals surface area contributed by atoms with Crippen LogP contribution in [0.15, 0.2) is 0 Å². The molecule has 1 fully saturated rings. The fourth-order valence-corrected chi connectivity index (χ4v) is 2.64. The van der Waals surface area contributed by atoms with Crippen LogP contribution in [-0.2, 0) is 4.79 Å². The second-order valence-electron chi connectivity index (χ2n) is 4.17. The molecule has 0 atom stereocenters. The second kappa shape index (κ2) is 6.33. The Bertz CT molecular complexity index is 369. The van der Waals surface area contributed by atoms with Crippen molar-refractivity contribution in [3.63, 3.8) is 0 Å². The van der Waals surface area contributed by atoms with Gasteiger partial charge in [-0.05, 0) is 39.8 Å². The van der Waals surface area contributed by atoms with Crippen molar-refractivity contribution in [3.8, 4) is 0 Å². The monoisotopic (exact) mass is 275 g/mol. The van der Waals surface area contributed by atoms with E-state index in [4.69, 9.17) is 0 Å². The fraction of sp³-hybridized carbons (Fsp3) is 0.636. The molecule has 0 spiro atoms. The van der Waals surface area contributed by atoms with Crippen molar-refractivity contribution in [3.05, 3.63) is 10.6 Å². The lowest BCUT2D eigenvalue weighted by atomic mass is 9.97. The molecule has 1 aliphatic heterocycles. The van der Waals surface area contributed by atoms with E-state index in [0.717, 1.165) is 36.8 Å². The number of aromatic nitrogens is 1. The smallest absolute Gasteiger partial charge is 0.229 e. The number of amides is 1. The largest absolute Gasteiger partial charge is 0.317 e. The van der Waals surface area contributed by atoms with E-state index in [9.17, 15) is 4.79 Å². The molecule has 1 saturated heterocycles. The predicted molar refractivity (Wildman–Crippen MR) is 73.1 cm³/mol. The van der Waals surface area contributed by atoms with Crippen molar-refractivity contribution < 1.29 is 4.79 Å². The van der Waals surface area contributed by atoms with Crippen molar-refractivity contribution in [1.29, 1.82) is 0 Å². The SMILES string of the molecule is Cc1nc(NC(=O)C2CCNCC2)sc1C.Cl. The van der Waals surface area contributed by atoms with Crippen LogP contribution in [0.1, 0.15) is 23.4 Å². The van der Waals surface area contributed by atoms with Crippen LogP contribution in [0.2, 0.25) is 0 Å². The maximum atomic E-state index is 11.9. The second-order valence-corrected chi connectivity index (χ2v) is 5.38. The summed E-state index contributed by atoms with van der Waals surface area (Å²) in [6.45, 7) is 5.86. The molecule has 1 aliphatic rings. The molecule has 6 heteroatoms. The Balaban J connectivity index is 0.00000144. The molecule has 0 radical (unpaired) electrons. The molecule has 1 aromatic rings. The van der Waals surface area contributed by atoms with Crippen molar-refractivity contribution in [2.45, 2.75) is 26.7 Å². The highest BCUT2D eigenvalue weighted by molar-refractivity contribution is 7.15. The van der Waals surface area contributed by atoms with Crippen molar-refractivity contribution >= 4 is 34.8 Å². The van der Waals surface area contributed by atoms with Gasteiger partial charge in [0.2, 0.25) is 5.91 Å². The quantitative estimate of drug-likeness (QED) is 0.869. The van der Waals surface area contributed by atoms with Crippen LogP contribution in [0.25, 0.3) is 0 Å². The van der Waals surface area contributed by atoms with E-state index in [1.165, 1.54) is 4.88 Å². The highest BCUT2D eigenvalue weighted by Crippen LogP contribution is 2.22. The normalized spacial score (nSPS) is 16.4. The van der Waals surface area contributed by atoms with E-state index in [0.29, 0.717) is 0 Å². The number of rotatable bonds is 2. The summed E-state index contributed by atoms with van der Waals surface area (Å²) in [7, 11) is 0. The number of nitrogens with zero attached hydrogens (tertiary/aromatic N) is 1. The van der Waals surface area contributed by atoms with Crippen LogP contribution < -0.4 is 10.6 Å². The summed E-state index contributed by atoms with van der Waals surface area (Å²) in [6, 6.07) is 0. The highest BCUT2D eigenvalue weighted by Gasteiger charge is 2.21. The summed E-state index contributed by atoms with van der Waals surface area (Å²) in [5.74, 6) is 0.265. The first-order chi connectivity index (χ1) is 7.66. The van der Waals surface area contributed by atoms with Crippen molar-refractivity contribution in [1.82, 2.24) is 10.3 Å². The third-order valence-corrected chi connectivity index (χ3v) is 3.96. The van der Waals surface area contributed by atoms with E-state index >= 15 is 0 Å². The number of hydrogen-bond acceptors (Lipinski definition) is 4. The van der Waals surface area contributed by atoms with Gasteiger partial charge in [-0.15, -0.1) is 23.7 Å².